The molecule has 0 heterocycles. The number of amides is 2. The maximum atomic E-state index is 11.1. The van der Waals surface area contributed by atoms with Crippen LogP contribution in [0.4, 0.5) is 5.69 Å². The second kappa shape index (κ2) is 8.80. The van der Waals surface area contributed by atoms with Crippen LogP contribution in [0.25, 0.3) is 0 Å². The van der Waals surface area contributed by atoms with Crippen LogP contribution in [0, 0.1) is 10.1 Å². The Bertz CT molecular complexity index is 701. The molecule has 0 aromatic heterocycles. The second-order valence-corrected chi connectivity index (χ2v) is 4.38. The number of carbonyl (C=O) groups excluding carboxylic acids is 2. The molecule has 0 aliphatic heterocycles. The molecule has 2 amide bonds. The van der Waals surface area contributed by atoms with Crippen molar-refractivity contribution in [2.75, 3.05) is 0 Å². The van der Waals surface area contributed by atoms with E-state index in [2.05, 4.69) is 0 Å². The zero-order valence-electron chi connectivity index (χ0n) is 12.2. The molecule has 0 atom stereocenters. The molecule has 24 heavy (non-hydrogen) atoms. The summed E-state index contributed by atoms with van der Waals surface area (Å²) in [6, 6.07) is 3.19. The van der Waals surface area contributed by atoms with Crippen molar-refractivity contribution >= 4 is 23.5 Å². The topological polar surface area (TPSA) is 198 Å². The number of primary amides is 2. The van der Waals surface area contributed by atoms with E-state index in [-0.39, 0.29) is 22.3 Å². The Balaban J connectivity index is 0.00000529. The Morgan fingerprint density at radius 3 is 2.00 bits per heavy atom. The lowest BCUT2D eigenvalue weighted by molar-refractivity contribution is -0.385. The third-order valence-electron chi connectivity index (χ3n) is 2.77. The molecule has 10 heteroatoms. The Morgan fingerprint density at radius 1 is 1.12 bits per heavy atom. The van der Waals surface area contributed by atoms with Gasteiger partial charge in [0.05, 0.1) is 10.5 Å². The molecule has 1 rings (SSSR count). The number of hydrogen-bond acceptors (Lipinski definition) is 5. The van der Waals surface area contributed by atoms with Gasteiger partial charge in [0.15, 0.2) is 0 Å². The highest BCUT2D eigenvalue weighted by molar-refractivity contribution is 5.89. The van der Waals surface area contributed by atoms with E-state index >= 15 is 0 Å². The van der Waals surface area contributed by atoms with Crippen molar-refractivity contribution in [3.05, 3.63) is 63.7 Å². The van der Waals surface area contributed by atoms with Gasteiger partial charge in [-0.1, -0.05) is 12.2 Å². The van der Waals surface area contributed by atoms with E-state index in [1.165, 1.54) is 12.2 Å². The molecule has 0 saturated carbocycles. The number of rotatable bonds is 7. The van der Waals surface area contributed by atoms with Crippen LogP contribution in [0.1, 0.15) is 21.8 Å². The largest absolute Gasteiger partial charge is 0.478 e. The summed E-state index contributed by atoms with van der Waals surface area (Å²) in [6.07, 6.45) is 4.31. The Hall–Kier alpha value is -3.53. The number of carbonyl (C=O) groups is 3. The van der Waals surface area contributed by atoms with Crippen LogP contribution in [0.5, 0.6) is 0 Å². The number of carboxylic acids is 1. The Morgan fingerprint density at radius 2 is 1.62 bits per heavy atom. The van der Waals surface area contributed by atoms with Gasteiger partial charge in [0.25, 0.3) is 5.69 Å². The fourth-order valence-corrected chi connectivity index (χ4v) is 1.79. The first-order valence-electron chi connectivity index (χ1n) is 6.19. The molecular weight excluding hydrogens is 322 g/mol. The van der Waals surface area contributed by atoms with Gasteiger partial charge in [0, 0.05) is 17.5 Å². The van der Waals surface area contributed by atoms with Gasteiger partial charge in [-0.05, 0) is 24.3 Å². The molecule has 0 aliphatic rings. The molecule has 0 radical (unpaired) electrons. The molecule has 1 aromatic rings. The predicted octanol–water partition coefficient (Wildman–Crippen LogP) is -0.365. The van der Waals surface area contributed by atoms with Crippen molar-refractivity contribution in [2.45, 2.75) is 5.92 Å². The van der Waals surface area contributed by atoms with Gasteiger partial charge in [-0.2, -0.15) is 0 Å². The molecule has 10 nitrogen and oxygen atoms in total. The van der Waals surface area contributed by atoms with E-state index in [9.17, 15) is 24.5 Å². The normalized spacial score (nSPS) is 10.7. The summed E-state index contributed by atoms with van der Waals surface area (Å²) in [5.41, 5.74) is 9.38. The van der Waals surface area contributed by atoms with Gasteiger partial charge < -0.3 is 22.1 Å². The first-order chi connectivity index (χ1) is 10.7. The summed E-state index contributed by atoms with van der Waals surface area (Å²) in [5.74, 6) is -3.83. The van der Waals surface area contributed by atoms with Crippen LogP contribution in [-0.2, 0) is 9.59 Å². The van der Waals surface area contributed by atoms with Crippen molar-refractivity contribution in [3.8, 4) is 0 Å². The number of hydrogen-bond donors (Lipinski definition) is 3. The van der Waals surface area contributed by atoms with E-state index < -0.39 is 28.6 Å². The van der Waals surface area contributed by atoms with E-state index in [0.717, 1.165) is 30.4 Å². The number of nitro benzene ring substituents is 1. The van der Waals surface area contributed by atoms with Gasteiger partial charge in [0.2, 0.25) is 11.8 Å². The van der Waals surface area contributed by atoms with Gasteiger partial charge in [-0.3, -0.25) is 19.7 Å². The highest BCUT2D eigenvalue weighted by Crippen LogP contribution is 2.30. The molecule has 0 aliphatic carbocycles. The van der Waals surface area contributed by atoms with Gasteiger partial charge in [0.1, 0.15) is 0 Å². The zero-order chi connectivity index (χ0) is 17.6. The maximum absolute atomic E-state index is 11.1. The molecule has 7 N–H and O–H groups in total. The molecule has 0 unspecified atom stereocenters. The monoisotopic (exact) mass is 337 g/mol. The first kappa shape index (κ1) is 20.5. The van der Waals surface area contributed by atoms with Crippen LogP contribution in [0.2, 0.25) is 0 Å². The average Bonchev–Trinajstić information content (AvgIpc) is 2.46. The number of aromatic carboxylic acids is 1. The van der Waals surface area contributed by atoms with Crippen molar-refractivity contribution in [1.82, 2.24) is 0 Å². The highest BCUT2D eigenvalue weighted by Gasteiger charge is 2.21. The minimum absolute atomic E-state index is 0. The van der Waals surface area contributed by atoms with Crippen molar-refractivity contribution < 1.29 is 29.9 Å². The fraction of sp³-hybridized carbons (Fsp3) is 0.0714. The molecule has 128 valence electrons. The molecule has 0 fully saturated rings. The highest BCUT2D eigenvalue weighted by atomic mass is 16.6. The number of allylic oxidation sites excluding steroid dienone is 2. The predicted molar refractivity (Wildman–Crippen MR) is 83.1 cm³/mol. The lowest BCUT2D eigenvalue weighted by atomic mass is 9.94. The van der Waals surface area contributed by atoms with E-state index in [0.29, 0.717) is 0 Å². The fourth-order valence-electron chi connectivity index (χ4n) is 1.79. The average molecular weight is 337 g/mol. The molecule has 0 spiro atoms. The number of benzene rings is 1. The first-order valence-corrected chi connectivity index (χ1v) is 6.19. The Labute approximate surface area is 135 Å². The summed E-state index contributed by atoms with van der Waals surface area (Å²) < 4.78 is 0. The number of nitrogens with zero attached hydrogens (tertiary/aromatic N) is 1. The van der Waals surface area contributed by atoms with Crippen LogP contribution >= 0.6 is 0 Å². The number of nitro groups is 1. The van der Waals surface area contributed by atoms with Crippen LogP contribution in [0.15, 0.2) is 42.5 Å². The standard InChI is InChI=1S/C14H13N3O6.H2O/c15-12(18)5-2-8(3-6-13(16)19)10-7-9(14(20)21)1-4-11(10)17(22)23;/h1-8H,(H2,15,18)(H2,16,19)(H,20,21);1H2/b5-2+,6-3+;. The lowest BCUT2D eigenvalue weighted by Crippen LogP contribution is -2.09. The zero-order valence-corrected chi connectivity index (χ0v) is 12.2. The SMILES string of the molecule is NC(=O)/C=C/C(/C=C/C(N)=O)c1cc(C(=O)O)ccc1[N+](=O)[O-].O. The van der Waals surface area contributed by atoms with Gasteiger partial charge in [-0.15, -0.1) is 0 Å². The Kier molecular flexibility index (Phi) is 7.51. The summed E-state index contributed by atoms with van der Waals surface area (Å²) in [5, 5.41) is 20.1. The minimum Gasteiger partial charge on any atom is -0.478 e. The van der Waals surface area contributed by atoms with Gasteiger partial charge >= 0.3 is 5.97 Å². The minimum atomic E-state index is -1.28. The number of carboxylic acid groups (broad SMARTS) is 1. The van der Waals surface area contributed by atoms with Crippen LogP contribution < -0.4 is 11.5 Å². The van der Waals surface area contributed by atoms with Crippen molar-refractivity contribution in [1.29, 1.82) is 0 Å². The summed E-state index contributed by atoms with van der Waals surface area (Å²) in [6.45, 7) is 0. The number of nitrogens with two attached hydrogens (primary N) is 2. The summed E-state index contributed by atoms with van der Waals surface area (Å²) in [7, 11) is 0. The van der Waals surface area contributed by atoms with Crippen molar-refractivity contribution in [2.24, 2.45) is 11.5 Å². The van der Waals surface area contributed by atoms with Crippen LogP contribution in [0.3, 0.4) is 0 Å². The quantitative estimate of drug-likeness (QED) is 0.344. The lowest BCUT2D eigenvalue weighted by Gasteiger charge is -2.10. The third kappa shape index (κ3) is 5.69. The van der Waals surface area contributed by atoms with E-state index in [1.54, 1.807) is 0 Å². The van der Waals surface area contributed by atoms with Crippen LogP contribution in [-0.4, -0.2) is 33.3 Å². The van der Waals surface area contributed by atoms with E-state index in [4.69, 9.17) is 16.6 Å². The molecule has 1 aromatic carbocycles. The third-order valence-corrected chi connectivity index (χ3v) is 2.77. The van der Waals surface area contributed by atoms with E-state index in [1.807, 2.05) is 0 Å². The van der Waals surface area contributed by atoms with Crippen molar-refractivity contribution in [3.63, 3.8) is 0 Å². The molecule has 0 bridgehead atoms. The maximum Gasteiger partial charge on any atom is 0.335 e. The summed E-state index contributed by atoms with van der Waals surface area (Å²) >= 11 is 0. The molecular formula is C14H15N3O7. The van der Waals surface area contributed by atoms with Gasteiger partial charge in [-0.25, -0.2) is 4.79 Å². The second-order valence-electron chi connectivity index (χ2n) is 4.38. The summed E-state index contributed by atoms with van der Waals surface area (Å²) in [4.78, 5) is 43.2. The smallest absolute Gasteiger partial charge is 0.335 e. The molecule has 0 saturated heterocycles.